The van der Waals surface area contributed by atoms with Crippen LogP contribution < -0.4 is 5.32 Å². The third-order valence-corrected chi connectivity index (χ3v) is 5.59. The molecular weight excluding hydrogens is 429 g/mol. The van der Waals surface area contributed by atoms with Crippen LogP contribution in [-0.2, 0) is 0 Å². The van der Waals surface area contributed by atoms with E-state index in [4.69, 9.17) is 0 Å². The topological polar surface area (TPSA) is 37.8 Å². The van der Waals surface area contributed by atoms with E-state index in [1.165, 1.54) is 19.6 Å². The molecule has 0 saturated heterocycles. The minimum atomic E-state index is 0.850. The molecule has 1 N–H and O–H groups in total. The van der Waals surface area contributed by atoms with E-state index in [9.17, 15) is 0 Å². The average Bonchev–Trinajstić information content (AvgIpc) is 3.03. The molecule has 3 nitrogen and oxygen atoms in total. The van der Waals surface area contributed by atoms with Crippen molar-refractivity contribution in [1.82, 2.24) is 9.97 Å². The second-order valence-electron chi connectivity index (χ2n) is 5.50. The molecule has 2 heterocycles. The van der Waals surface area contributed by atoms with Crippen LogP contribution in [0.4, 0.5) is 11.5 Å². The van der Waals surface area contributed by atoms with E-state index in [2.05, 4.69) is 93.3 Å². The fraction of sp³-hybridized carbons (Fsp3) is 0.0526. The third-order valence-electron chi connectivity index (χ3n) is 3.83. The molecule has 118 valence electrons. The summed E-state index contributed by atoms with van der Waals surface area (Å²) in [6, 6.07) is 18.9. The van der Waals surface area contributed by atoms with Crippen LogP contribution >= 0.6 is 33.9 Å². The Morgan fingerprint density at radius 2 is 1.83 bits per heavy atom. The molecule has 0 spiro atoms. The maximum Gasteiger partial charge on any atom is 0.142 e. The highest BCUT2D eigenvalue weighted by Gasteiger charge is 2.11. The fourth-order valence-corrected chi connectivity index (χ4v) is 4.25. The fourth-order valence-electron chi connectivity index (χ4n) is 2.59. The highest BCUT2D eigenvalue weighted by Crippen LogP contribution is 2.36. The van der Waals surface area contributed by atoms with E-state index in [1.807, 2.05) is 6.07 Å². The van der Waals surface area contributed by atoms with Crippen molar-refractivity contribution in [2.24, 2.45) is 0 Å². The molecule has 0 unspecified atom stereocenters. The van der Waals surface area contributed by atoms with Crippen molar-refractivity contribution in [3.05, 3.63) is 70.1 Å². The summed E-state index contributed by atoms with van der Waals surface area (Å²) in [5.74, 6) is 0.850. The van der Waals surface area contributed by atoms with Crippen LogP contribution in [0.2, 0.25) is 0 Å². The average molecular weight is 443 g/mol. The lowest BCUT2D eigenvalue weighted by atomic mass is 10.2. The molecular formula is C19H14IN3S. The van der Waals surface area contributed by atoms with Gasteiger partial charge in [-0.25, -0.2) is 9.97 Å². The number of benzene rings is 2. The van der Waals surface area contributed by atoms with Crippen molar-refractivity contribution in [2.75, 3.05) is 5.32 Å². The quantitative estimate of drug-likeness (QED) is 0.394. The standard InChI is InChI=1S/C19H14IN3S/c1-12-9-14(20)7-8-16(12)23-18-15-10-17(13-5-3-2-4-6-13)24-19(15)22-11-21-18/h2-11H,1H3,(H,21,22,23). The number of rotatable bonds is 3. The summed E-state index contributed by atoms with van der Waals surface area (Å²) in [4.78, 5) is 11.1. The Kier molecular flexibility index (Phi) is 4.20. The van der Waals surface area contributed by atoms with Crippen LogP contribution in [-0.4, -0.2) is 9.97 Å². The van der Waals surface area contributed by atoms with Crippen molar-refractivity contribution < 1.29 is 0 Å². The van der Waals surface area contributed by atoms with Gasteiger partial charge in [0, 0.05) is 14.1 Å². The van der Waals surface area contributed by atoms with Gasteiger partial charge in [0.2, 0.25) is 0 Å². The zero-order chi connectivity index (χ0) is 16.5. The van der Waals surface area contributed by atoms with Gasteiger partial charge in [-0.15, -0.1) is 11.3 Å². The van der Waals surface area contributed by atoms with Gasteiger partial charge >= 0.3 is 0 Å². The number of aromatic nitrogens is 2. The molecule has 0 amide bonds. The summed E-state index contributed by atoms with van der Waals surface area (Å²) < 4.78 is 1.23. The lowest BCUT2D eigenvalue weighted by Crippen LogP contribution is -1.96. The van der Waals surface area contributed by atoms with Gasteiger partial charge in [-0.05, 0) is 64.9 Å². The van der Waals surface area contributed by atoms with Crippen LogP contribution in [0.5, 0.6) is 0 Å². The van der Waals surface area contributed by atoms with Gasteiger partial charge in [-0.3, -0.25) is 0 Å². The molecule has 0 aliphatic heterocycles. The predicted molar refractivity (Wildman–Crippen MR) is 110 cm³/mol. The molecule has 2 aromatic heterocycles. The van der Waals surface area contributed by atoms with Gasteiger partial charge in [0.05, 0.1) is 5.39 Å². The highest BCUT2D eigenvalue weighted by atomic mass is 127. The van der Waals surface area contributed by atoms with Gasteiger partial charge in [-0.1, -0.05) is 30.3 Å². The van der Waals surface area contributed by atoms with Crippen LogP contribution in [0, 0.1) is 10.5 Å². The Hall–Kier alpha value is -1.99. The van der Waals surface area contributed by atoms with Gasteiger partial charge < -0.3 is 5.32 Å². The summed E-state index contributed by atoms with van der Waals surface area (Å²) in [6.07, 6.45) is 1.62. The Labute approximate surface area is 157 Å². The minimum Gasteiger partial charge on any atom is -0.339 e. The maximum atomic E-state index is 4.46. The normalized spacial score (nSPS) is 10.9. The van der Waals surface area contributed by atoms with E-state index in [1.54, 1.807) is 17.7 Å². The van der Waals surface area contributed by atoms with Crippen LogP contribution in [0.15, 0.2) is 60.9 Å². The predicted octanol–water partition coefficient (Wildman–Crippen LogP) is 6.01. The summed E-state index contributed by atoms with van der Waals surface area (Å²) >= 11 is 4.01. The molecule has 4 rings (SSSR count). The Bertz CT molecular complexity index is 1010. The van der Waals surface area contributed by atoms with Gasteiger partial charge in [0.15, 0.2) is 0 Å². The van der Waals surface area contributed by atoms with E-state index < -0.39 is 0 Å². The molecule has 24 heavy (non-hydrogen) atoms. The zero-order valence-electron chi connectivity index (χ0n) is 13.0. The number of anilines is 2. The van der Waals surface area contributed by atoms with Crippen LogP contribution in [0.3, 0.4) is 0 Å². The summed E-state index contributed by atoms with van der Waals surface area (Å²) in [7, 11) is 0. The first-order valence-corrected chi connectivity index (χ1v) is 9.43. The Balaban J connectivity index is 1.77. The van der Waals surface area contributed by atoms with Crippen LogP contribution in [0.25, 0.3) is 20.7 Å². The number of nitrogens with one attached hydrogen (secondary N) is 1. The number of aryl methyl sites for hydroxylation is 1. The maximum absolute atomic E-state index is 4.46. The number of halogens is 1. The summed E-state index contributed by atoms with van der Waals surface area (Å²) in [5, 5.41) is 4.51. The van der Waals surface area contributed by atoms with Crippen molar-refractivity contribution in [1.29, 1.82) is 0 Å². The second kappa shape index (κ2) is 6.49. The highest BCUT2D eigenvalue weighted by molar-refractivity contribution is 14.1. The number of nitrogens with zero attached hydrogens (tertiary/aromatic N) is 2. The van der Waals surface area contributed by atoms with E-state index >= 15 is 0 Å². The number of thiophene rings is 1. The molecule has 2 aromatic carbocycles. The first kappa shape index (κ1) is 15.5. The van der Waals surface area contributed by atoms with Gasteiger partial charge in [-0.2, -0.15) is 0 Å². The molecule has 0 aliphatic carbocycles. The van der Waals surface area contributed by atoms with Crippen molar-refractivity contribution in [3.8, 4) is 10.4 Å². The monoisotopic (exact) mass is 443 g/mol. The molecule has 0 saturated carbocycles. The first-order chi connectivity index (χ1) is 11.7. The van der Waals surface area contributed by atoms with Gasteiger partial charge in [0.1, 0.15) is 17.0 Å². The minimum absolute atomic E-state index is 0.850. The lowest BCUT2D eigenvalue weighted by molar-refractivity contribution is 1.23. The van der Waals surface area contributed by atoms with E-state index in [0.29, 0.717) is 0 Å². The SMILES string of the molecule is Cc1cc(I)ccc1Nc1ncnc2sc(-c3ccccc3)cc12. The van der Waals surface area contributed by atoms with E-state index in [0.717, 1.165) is 21.7 Å². The largest absolute Gasteiger partial charge is 0.339 e. The van der Waals surface area contributed by atoms with E-state index in [-0.39, 0.29) is 0 Å². The number of fused-ring (bicyclic) bond motifs is 1. The molecule has 0 atom stereocenters. The first-order valence-electron chi connectivity index (χ1n) is 7.54. The van der Waals surface area contributed by atoms with Crippen molar-refractivity contribution in [2.45, 2.75) is 6.92 Å². The third kappa shape index (κ3) is 3.01. The molecule has 4 aromatic rings. The zero-order valence-corrected chi connectivity index (χ0v) is 15.9. The molecule has 0 radical (unpaired) electrons. The Morgan fingerprint density at radius 3 is 2.62 bits per heavy atom. The van der Waals surface area contributed by atoms with Crippen molar-refractivity contribution >= 4 is 55.6 Å². The second-order valence-corrected chi connectivity index (χ2v) is 7.78. The van der Waals surface area contributed by atoms with Crippen molar-refractivity contribution in [3.63, 3.8) is 0 Å². The molecule has 0 aliphatic rings. The number of hydrogen-bond acceptors (Lipinski definition) is 4. The lowest BCUT2D eigenvalue weighted by Gasteiger charge is -2.09. The summed E-state index contributed by atoms with van der Waals surface area (Å²) in [6.45, 7) is 2.10. The summed E-state index contributed by atoms with van der Waals surface area (Å²) in [5.41, 5.74) is 3.48. The Morgan fingerprint density at radius 1 is 1.00 bits per heavy atom. The van der Waals surface area contributed by atoms with Crippen LogP contribution in [0.1, 0.15) is 5.56 Å². The van der Waals surface area contributed by atoms with Gasteiger partial charge in [0.25, 0.3) is 0 Å². The number of hydrogen-bond donors (Lipinski definition) is 1. The molecule has 5 heteroatoms. The molecule has 0 bridgehead atoms. The molecule has 0 fully saturated rings. The smallest absolute Gasteiger partial charge is 0.142 e.